The minimum atomic E-state index is -1.18. The summed E-state index contributed by atoms with van der Waals surface area (Å²) in [5, 5.41) is 9.36. The van der Waals surface area contributed by atoms with Crippen LogP contribution in [-0.4, -0.2) is 58.1 Å². The number of carbonyl (C=O) groups excluding carboxylic acids is 1. The highest BCUT2D eigenvalue weighted by atomic mass is 16.5. The highest BCUT2D eigenvalue weighted by molar-refractivity contribution is 5.65. The van der Waals surface area contributed by atoms with Crippen molar-refractivity contribution < 1.29 is 23.9 Å². The van der Waals surface area contributed by atoms with E-state index >= 15 is 0 Å². The van der Waals surface area contributed by atoms with Gasteiger partial charge in [-0.15, -0.1) is 0 Å². The average molecular weight is 221 g/mol. The third-order valence-corrected chi connectivity index (χ3v) is 2.23. The molecule has 0 heterocycles. The quantitative estimate of drug-likeness (QED) is 0.446. The van der Waals surface area contributed by atoms with E-state index in [1.54, 1.807) is 7.11 Å². The minimum absolute atomic E-state index is 0.319. The number of aliphatic carboxylic acids is 1. The van der Waals surface area contributed by atoms with Crippen molar-refractivity contribution in [1.29, 1.82) is 0 Å². The smallest absolute Gasteiger partial charge is 0.182 e. The molecule has 0 fully saturated rings. The summed E-state index contributed by atoms with van der Waals surface area (Å²) in [6.07, 6.45) is 0. The summed E-state index contributed by atoms with van der Waals surface area (Å²) in [5.74, 6) is -1.18. The fraction of sp³-hybridized carbons (Fsp3) is 0.900. The molecule has 0 saturated carbocycles. The van der Waals surface area contributed by atoms with Crippen LogP contribution in [0.2, 0.25) is 0 Å². The van der Waals surface area contributed by atoms with Gasteiger partial charge in [0.1, 0.15) is 0 Å². The summed E-state index contributed by atoms with van der Waals surface area (Å²) < 4.78 is 10.2. The maximum absolute atomic E-state index is 9.36. The van der Waals surface area contributed by atoms with Crippen LogP contribution in [-0.2, 0) is 14.3 Å². The average Bonchev–Trinajstić information content (AvgIpc) is 2.19. The van der Waals surface area contributed by atoms with Crippen molar-refractivity contribution in [2.45, 2.75) is 13.8 Å². The van der Waals surface area contributed by atoms with Crippen LogP contribution in [0.25, 0.3) is 0 Å². The molecule has 0 bridgehead atoms. The Balaban J connectivity index is 0. The van der Waals surface area contributed by atoms with E-state index in [-0.39, 0.29) is 6.61 Å². The normalized spacial score (nSPS) is 10.5. The predicted octanol–water partition coefficient (Wildman–Crippen LogP) is -0.541. The molecule has 0 rings (SSSR count). The van der Waals surface area contributed by atoms with Gasteiger partial charge >= 0.3 is 0 Å². The van der Waals surface area contributed by atoms with Crippen molar-refractivity contribution in [3.05, 3.63) is 0 Å². The molecule has 0 aromatic heterocycles. The Morgan fingerprint density at radius 2 is 1.67 bits per heavy atom. The van der Waals surface area contributed by atoms with E-state index in [1.807, 2.05) is 0 Å². The number of quaternary nitrogens is 1. The molecule has 0 aliphatic rings. The Morgan fingerprint density at radius 3 is 1.73 bits per heavy atom. The van der Waals surface area contributed by atoms with E-state index < -0.39 is 5.97 Å². The summed E-state index contributed by atoms with van der Waals surface area (Å²) in [4.78, 5) is 9.36. The molecule has 0 aliphatic heterocycles. The summed E-state index contributed by atoms with van der Waals surface area (Å²) in [5.41, 5.74) is 0. The standard InChI is InChI=1S/C7H18NO.C3H6O3/c1-5-8(3,6-2)7-9-4;1-6-2-3(4)5/h5-7H2,1-4H3;2H2,1H3,(H,4,5)/q+1;/p-1. The van der Waals surface area contributed by atoms with Crippen LogP contribution in [0.4, 0.5) is 0 Å². The number of hydrogen-bond acceptors (Lipinski definition) is 4. The number of hydrogen-bond donors (Lipinski definition) is 0. The molecule has 92 valence electrons. The Kier molecular flexibility index (Phi) is 11.1. The molecule has 5 heteroatoms. The zero-order valence-electron chi connectivity index (χ0n) is 10.4. The fourth-order valence-electron chi connectivity index (χ4n) is 0.836. The molecule has 0 aromatic rings. The molecule has 5 nitrogen and oxygen atoms in total. The minimum Gasteiger partial charge on any atom is -0.548 e. The van der Waals surface area contributed by atoms with E-state index in [0.29, 0.717) is 0 Å². The van der Waals surface area contributed by atoms with Crippen LogP contribution < -0.4 is 5.11 Å². The number of methoxy groups -OCH3 is 2. The van der Waals surface area contributed by atoms with Gasteiger partial charge < -0.3 is 23.9 Å². The van der Waals surface area contributed by atoms with E-state index in [0.717, 1.165) is 24.3 Å². The van der Waals surface area contributed by atoms with Gasteiger partial charge in [-0.25, -0.2) is 0 Å². The van der Waals surface area contributed by atoms with Crippen molar-refractivity contribution in [2.24, 2.45) is 0 Å². The van der Waals surface area contributed by atoms with Crippen LogP contribution in [0, 0.1) is 0 Å². The van der Waals surface area contributed by atoms with Crippen molar-refractivity contribution >= 4 is 5.97 Å². The topological polar surface area (TPSA) is 58.6 Å². The number of carboxylic acid groups (broad SMARTS) is 1. The molecule has 0 atom stereocenters. The van der Waals surface area contributed by atoms with Crippen LogP contribution in [0.1, 0.15) is 13.8 Å². The van der Waals surface area contributed by atoms with Crippen molar-refractivity contribution in [2.75, 3.05) is 47.7 Å². The van der Waals surface area contributed by atoms with Crippen LogP contribution >= 0.6 is 0 Å². The highest BCUT2D eigenvalue weighted by Gasteiger charge is 2.14. The predicted molar refractivity (Wildman–Crippen MR) is 56.0 cm³/mol. The molecule has 15 heavy (non-hydrogen) atoms. The summed E-state index contributed by atoms with van der Waals surface area (Å²) in [6, 6.07) is 0. The SMILES string of the molecule is CC[N+](C)(CC)COC.COCC(=O)[O-]. The number of carbonyl (C=O) groups is 1. The van der Waals surface area contributed by atoms with E-state index in [9.17, 15) is 9.90 Å². The molecule has 0 aliphatic carbocycles. The zero-order valence-corrected chi connectivity index (χ0v) is 10.4. The number of ether oxygens (including phenoxy) is 2. The molecule has 0 radical (unpaired) electrons. The lowest BCUT2D eigenvalue weighted by molar-refractivity contribution is -0.924. The van der Waals surface area contributed by atoms with Gasteiger partial charge in [0.25, 0.3) is 0 Å². The molecular weight excluding hydrogens is 198 g/mol. The van der Waals surface area contributed by atoms with Crippen molar-refractivity contribution in [3.63, 3.8) is 0 Å². The third kappa shape index (κ3) is 11.3. The third-order valence-electron chi connectivity index (χ3n) is 2.23. The van der Waals surface area contributed by atoms with E-state index in [2.05, 4.69) is 25.6 Å². The fourth-order valence-corrected chi connectivity index (χ4v) is 0.836. The largest absolute Gasteiger partial charge is 0.548 e. The summed E-state index contributed by atoms with van der Waals surface area (Å²) in [6.45, 7) is 7.16. The van der Waals surface area contributed by atoms with Crippen LogP contribution in [0.5, 0.6) is 0 Å². The molecule has 0 spiro atoms. The van der Waals surface area contributed by atoms with Gasteiger partial charge in [0, 0.05) is 14.2 Å². The first-order chi connectivity index (χ1) is 6.95. The number of nitrogens with zero attached hydrogens (tertiary/aromatic N) is 1. The monoisotopic (exact) mass is 221 g/mol. The van der Waals surface area contributed by atoms with Gasteiger partial charge in [0.15, 0.2) is 6.73 Å². The number of rotatable bonds is 6. The number of carboxylic acids is 1. The van der Waals surface area contributed by atoms with Crippen LogP contribution in [0.15, 0.2) is 0 Å². The summed E-state index contributed by atoms with van der Waals surface area (Å²) >= 11 is 0. The first kappa shape index (κ1) is 16.8. The van der Waals surface area contributed by atoms with E-state index in [4.69, 9.17) is 4.74 Å². The maximum Gasteiger partial charge on any atom is 0.182 e. The lowest BCUT2D eigenvalue weighted by Gasteiger charge is -2.30. The van der Waals surface area contributed by atoms with Gasteiger partial charge in [0.2, 0.25) is 0 Å². The Bertz CT molecular complexity index is 158. The van der Waals surface area contributed by atoms with Crippen LogP contribution in [0.3, 0.4) is 0 Å². The molecule has 0 unspecified atom stereocenters. The van der Waals surface area contributed by atoms with Gasteiger partial charge in [-0.3, -0.25) is 0 Å². The Morgan fingerprint density at radius 1 is 1.20 bits per heavy atom. The first-order valence-electron chi connectivity index (χ1n) is 4.97. The maximum atomic E-state index is 9.36. The molecule has 0 amide bonds. The van der Waals surface area contributed by atoms with Gasteiger partial charge in [-0.2, -0.15) is 0 Å². The molecule has 0 aromatic carbocycles. The van der Waals surface area contributed by atoms with Gasteiger partial charge in [0.05, 0.1) is 32.7 Å². The second-order valence-corrected chi connectivity index (χ2v) is 3.47. The van der Waals surface area contributed by atoms with Gasteiger partial charge in [-0.05, 0) is 13.8 Å². The van der Waals surface area contributed by atoms with E-state index in [1.165, 1.54) is 7.11 Å². The molecule has 0 saturated heterocycles. The first-order valence-corrected chi connectivity index (χ1v) is 4.97. The molecular formula is C10H23NO4. The lowest BCUT2D eigenvalue weighted by atomic mass is 10.5. The second kappa shape index (κ2) is 9.89. The lowest BCUT2D eigenvalue weighted by Crippen LogP contribution is -2.44. The zero-order chi connectivity index (χ0) is 12.3. The van der Waals surface area contributed by atoms with Crippen molar-refractivity contribution in [3.8, 4) is 0 Å². The van der Waals surface area contributed by atoms with Gasteiger partial charge in [-0.1, -0.05) is 0 Å². The Hall–Kier alpha value is -0.650. The highest BCUT2D eigenvalue weighted by Crippen LogP contribution is 1.99. The van der Waals surface area contributed by atoms with Crippen molar-refractivity contribution in [1.82, 2.24) is 0 Å². The summed E-state index contributed by atoms with van der Waals surface area (Å²) in [7, 11) is 5.25. The Labute approximate surface area is 92.2 Å². The molecule has 0 N–H and O–H groups in total. The second-order valence-electron chi connectivity index (χ2n) is 3.47.